The molecule has 0 amide bonds. The predicted molar refractivity (Wildman–Crippen MR) is 286 cm³/mol. The van der Waals surface area contributed by atoms with Crippen molar-refractivity contribution < 1.29 is 0 Å². The van der Waals surface area contributed by atoms with Crippen molar-refractivity contribution in [3.05, 3.63) is 12.7 Å². The summed E-state index contributed by atoms with van der Waals surface area (Å²) in [6, 6.07) is 0. The lowest BCUT2D eigenvalue weighted by Gasteiger charge is -2.53. The lowest BCUT2D eigenvalue weighted by atomic mass is 9.52. The lowest BCUT2D eigenvalue weighted by molar-refractivity contribution is -0.0490. The average Bonchev–Trinajstić information content (AvgIpc) is 3.20. The molecule has 0 bridgehead atoms. The Kier molecular flexibility index (Phi) is 29.4. The summed E-state index contributed by atoms with van der Waals surface area (Å²) < 4.78 is 0. The van der Waals surface area contributed by atoms with Crippen LogP contribution in [0.15, 0.2) is 12.7 Å². The fraction of sp³-hybridized carbons (Fsp3) is 0.968. The van der Waals surface area contributed by atoms with E-state index in [-0.39, 0.29) is 0 Å². The molecule has 0 rings (SSSR count). The molecule has 0 fully saturated rings. The van der Waals surface area contributed by atoms with Gasteiger partial charge in [0.15, 0.2) is 0 Å². The van der Waals surface area contributed by atoms with E-state index in [4.69, 9.17) is 6.58 Å². The number of hydrogen-bond acceptors (Lipinski definition) is 0. The van der Waals surface area contributed by atoms with Gasteiger partial charge >= 0.3 is 0 Å². The fourth-order valence-corrected chi connectivity index (χ4v) is 14.3. The van der Waals surface area contributed by atoms with Gasteiger partial charge in [-0.05, 0) is 167 Å². The third-order valence-electron chi connectivity index (χ3n) is 20.4. The third-order valence-corrected chi connectivity index (χ3v) is 20.4. The molecule has 0 N–H and O–H groups in total. The van der Waals surface area contributed by atoms with Crippen LogP contribution in [0.1, 0.15) is 232 Å². The van der Waals surface area contributed by atoms with Gasteiger partial charge in [-0.2, -0.15) is 0 Å². The highest BCUT2D eigenvalue weighted by Gasteiger charge is 2.49. The van der Waals surface area contributed by atoms with Crippen LogP contribution in [0.3, 0.4) is 0 Å². The lowest BCUT2D eigenvalue weighted by Crippen LogP contribution is -2.47. The summed E-state index contributed by atoms with van der Waals surface area (Å²) in [5, 5.41) is 0. The zero-order valence-corrected chi connectivity index (χ0v) is 48.2. The van der Waals surface area contributed by atoms with Crippen LogP contribution in [-0.2, 0) is 0 Å². The monoisotopic (exact) mass is 869 g/mol. The van der Waals surface area contributed by atoms with E-state index < -0.39 is 0 Å². The summed E-state index contributed by atoms with van der Waals surface area (Å²) in [7, 11) is 0. The van der Waals surface area contributed by atoms with E-state index in [1.807, 2.05) is 0 Å². The molecule has 372 valence electrons. The maximum Gasteiger partial charge on any atom is -0.0200 e. The molecule has 0 aliphatic carbocycles. The van der Waals surface area contributed by atoms with Crippen LogP contribution in [0.25, 0.3) is 0 Å². The molecule has 0 spiro atoms. The van der Waals surface area contributed by atoms with E-state index in [1.54, 1.807) is 0 Å². The Bertz CT molecular complexity index is 1120. The highest BCUT2D eigenvalue weighted by molar-refractivity contribution is 4.99. The molecule has 62 heavy (non-hydrogen) atoms. The summed E-state index contributed by atoms with van der Waals surface area (Å²) in [6.45, 7) is 74.3. The molecule has 19 atom stereocenters. The summed E-state index contributed by atoms with van der Waals surface area (Å²) in [5.74, 6) is 18.1. The molecule has 0 radical (unpaired) electrons. The Morgan fingerprint density at radius 1 is 0.306 bits per heavy atom. The SMILES string of the molecule is C=CC(CC(C(C)C)C(C)CC)C(C(C)C(C)C(C)C)C(C)C(CCC)C(CC)C(C(C)C(C)C)C(CCC(C)C(C)C)C(C(C)C)C(C(C)C)C(C)C(C)C(C)C(C)C(C)C. The van der Waals surface area contributed by atoms with Gasteiger partial charge in [0, 0.05) is 0 Å². The van der Waals surface area contributed by atoms with Crippen LogP contribution in [0, 0.1) is 154 Å². The molecule has 0 aromatic carbocycles. The first kappa shape index (κ1) is 61.7. The van der Waals surface area contributed by atoms with Crippen molar-refractivity contribution in [3.8, 4) is 0 Å². The smallest absolute Gasteiger partial charge is 0.0200 e. The minimum Gasteiger partial charge on any atom is -0.103 e. The molecule has 0 aliphatic heterocycles. The first-order valence-corrected chi connectivity index (χ1v) is 28.2. The maximum absolute atomic E-state index is 4.73. The van der Waals surface area contributed by atoms with E-state index in [0.29, 0.717) is 107 Å². The van der Waals surface area contributed by atoms with Crippen molar-refractivity contribution in [1.29, 1.82) is 0 Å². The van der Waals surface area contributed by atoms with Crippen LogP contribution in [0.5, 0.6) is 0 Å². The Morgan fingerprint density at radius 2 is 0.758 bits per heavy atom. The third kappa shape index (κ3) is 17.1. The normalized spacial score (nSPS) is 22.4. The summed E-state index contributed by atoms with van der Waals surface area (Å²) in [4.78, 5) is 0. The van der Waals surface area contributed by atoms with E-state index >= 15 is 0 Å². The Labute approximate surface area is 396 Å². The van der Waals surface area contributed by atoms with Gasteiger partial charge in [-0.15, -0.1) is 6.58 Å². The molecule has 0 aromatic heterocycles. The van der Waals surface area contributed by atoms with Crippen molar-refractivity contribution >= 4 is 0 Å². The highest BCUT2D eigenvalue weighted by Crippen LogP contribution is 2.55. The molecule has 19 unspecified atom stereocenters. The van der Waals surface area contributed by atoms with Gasteiger partial charge in [-0.3, -0.25) is 0 Å². The summed E-state index contributed by atoms with van der Waals surface area (Å²) >= 11 is 0. The van der Waals surface area contributed by atoms with Gasteiger partial charge in [0.05, 0.1) is 0 Å². The van der Waals surface area contributed by atoms with Crippen LogP contribution in [0.4, 0.5) is 0 Å². The standard InChI is InChI=1S/C62H124/c1-29-33-56(53(28)61(51(26)47(22)39(9)10)54(31-3)36-58(41(13)14)44(19)30-2)55(32-4)62(48(23)40(11)12)57(35-34-45(20)37(5)6)60(43(17)18)59(42(15)16)52(27)50(25)49(24)46(21)38(7)8/h31,37-62H,3,29-30,32-36H2,1-2,4-28H3. The zero-order chi connectivity index (χ0) is 48.7. The van der Waals surface area contributed by atoms with E-state index in [0.717, 1.165) is 47.3 Å². The van der Waals surface area contributed by atoms with Gasteiger partial charge in [0.2, 0.25) is 0 Å². The first-order chi connectivity index (χ1) is 28.6. The molecule has 0 aliphatic rings. The quantitative estimate of drug-likeness (QED) is 0.0577. The van der Waals surface area contributed by atoms with Crippen LogP contribution in [0.2, 0.25) is 0 Å². The fourth-order valence-electron chi connectivity index (χ4n) is 14.3. The van der Waals surface area contributed by atoms with Crippen molar-refractivity contribution in [2.24, 2.45) is 154 Å². The van der Waals surface area contributed by atoms with Crippen molar-refractivity contribution in [2.45, 2.75) is 232 Å². The molecule has 0 heteroatoms. The molecule has 0 nitrogen and oxygen atoms in total. The summed E-state index contributed by atoms with van der Waals surface area (Å²) in [5.41, 5.74) is 0. The number of allylic oxidation sites excluding steroid dienone is 1. The molecule has 0 saturated heterocycles. The van der Waals surface area contributed by atoms with E-state index in [1.165, 1.54) is 44.9 Å². The second-order valence-electron chi connectivity index (χ2n) is 25.8. The number of hydrogen-bond donors (Lipinski definition) is 0. The summed E-state index contributed by atoms with van der Waals surface area (Å²) in [6.07, 6.45) is 11.7. The van der Waals surface area contributed by atoms with E-state index in [9.17, 15) is 0 Å². The second kappa shape index (κ2) is 29.5. The van der Waals surface area contributed by atoms with Gasteiger partial charge in [-0.25, -0.2) is 0 Å². The van der Waals surface area contributed by atoms with Crippen molar-refractivity contribution in [1.82, 2.24) is 0 Å². The minimum absolute atomic E-state index is 0.550. The second-order valence-corrected chi connectivity index (χ2v) is 25.8. The van der Waals surface area contributed by atoms with Gasteiger partial charge < -0.3 is 0 Å². The maximum atomic E-state index is 4.73. The van der Waals surface area contributed by atoms with Crippen LogP contribution < -0.4 is 0 Å². The average molecular weight is 870 g/mol. The Balaban J connectivity index is 8.35. The van der Waals surface area contributed by atoms with Crippen LogP contribution >= 0.6 is 0 Å². The van der Waals surface area contributed by atoms with Gasteiger partial charge in [0.1, 0.15) is 0 Å². The Hall–Kier alpha value is -0.260. The van der Waals surface area contributed by atoms with Gasteiger partial charge in [-0.1, -0.05) is 225 Å². The molecule has 0 saturated carbocycles. The molecule has 0 heterocycles. The number of rotatable bonds is 33. The first-order valence-electron chi connectivity index (χ1n) is 28.2. The largest absolute Gasteiger partial charge is 0.103 e. The van der Waals surface area contributed by atoms with Crippen molar-refractivity contribution in [2.75, 3.05) is 0 Å². The predicted octanol–water partition coefficient (Wildman–Crippen LogP) is 20.5. The van der Waals surface area contributed by atoms with Crippen molar-refractivity contribution in [3.63, 3.8) is 0 Å². The Morgan fingerprint density at radius 3 is 1.13 bits per heavy atom. The zero-order valence-electron chi connectivity index (χ0n) is 48.2. The molecular weight excluding hydrogens is 745 g/mol. The minimum atomic E-state index is 0.550. The van der Waals surface area contributed by atoms with E-state index in [2.05, 4.69) is 193 Å². The molecular formula is C62H124. The van der Waals surface area contributed by atoms with Crippen LogP contribution in [-0.4, -0.2) is 0 Å². The highest BCUT2D eigenvalue weighted by atomic mass is 14.5. The molecule has 0 aromatic rings. The topological polar surface area (TPSA) is 0 Å². The van der Waals surface area contributed by atoms with Gasteiger partial charge in [0.25, 0.3) is 0 Å².